The summed E-state index contributed by atoms with van der Waals surface area (Å²) in [5, 5.41) is 1.61. The van der Waals surface area contributed by atoms with Gasteiger partial charge in [-0.15, -0.1) is 0 Å². The number of piperidine rings is 1. The predicted octanol–water partition coefficient (Wildman–Crippen LogP) is 3.60. The van der Waals surface area contributed by atoms with E-state index in [0.29, 0.717) is 29.8 Å². The summed E-state index contributed by atoms with van der Waals surface area (Å²) in [5.74, 6) is -0.489. The second-order valence-corrected chi connectivity index (χ2v) is 8.24. The van der Waals surface area contributed by atoms with Crippen LogP contribution in [-0.4, -0.2) is 37.9 Å². The lowest BCUT2D eigenvalue weighted by Crippen LogP contribution is -2.48. The Balaban J connectivity index is 2.11. The van der Waals surface area contributed by atoms with E-state index in [1.807, 2.05) is 12.1 Å². The Morgan fingerprint density at radius 3 is 2.68 bits per heavy atom. The average Bonchev–Trinajstić information content (AvgIpc) is 2.62. The van der Waals surface area contributed by atoms with Crippen LogP contribution in [0.15, 0.2) is 41.3 Å². The zero-order valence-electron chi connectivity index (χ0n) is 13.9. The molecule has 0 radical (unpaired) electrons. The molecule has 2 aromatic carbocycles. The van der Waals surface area contributed by atoms with Gasteiger partial charge in [-0.3, -0.25) is 4.79 Å². The Morgan fingerprint density at radius 1 is 1.24 bits per heavy atom. The van der Waals surface area contributed by atoms with Crippen LogP contribution >= 0.6 is 11.6 Å². The van der Waals surface area contributed by atoms with Gasteiger partial charge in [0, 0.05) is 17.0 Å². The number of nitrogens with zero attached hydrogens (tertiary/aromatic N) is 1. The van der Waals surface area contributed by atoms with Gasteiger partial charge < -0.3 is 4.74 Å². The fourth-order valence-electron chi connectivity index (χ4n) is 3.27. The third kappa shape index (κ3) is 3.38. The van der Waals surface area contributed by atoms with E-state index < -0.39 is 22.0 Å². The summed E-state index contributed by atoms with van der Waals surface area (Å²) in [7, 11) is -3.88. The maximum atomic E-state index is 13.3. The molecule has 5 nitrogen and oxygen atoms in total. The van der Waals surface area contributed by atoms with E-state index in [-0.39, 0.29) is 11.5 Å². The molecule has 0 amide bonds. The zero-order chi connectivity index (χ0) is 18.0. The lowest BCUT2D eigenvalue weighted by molar-refractivity contribution is -0.148. The van der Waals surface area contributed by atoms with Crippen LogP contribution in [0.3, 0.4) is 0 Å². The van der Waals surface area contributed by atoms with Gasteiger partial charge in [-0.2, -0.15) is 4.31 Å². The first-order chi connectivity index (χ1) is 12.0. The molecule has 0 saturated carbocycles. The van der Waals surface area contributed by atoms with Crippen LogP contribution in [0.5, 0.6) is 0 Å². The van der Waals surface area contributed by atoms with Gasteiger partial charge in [-0.25, -0.2) is 8.42 Å². The number of carbonyl (C=O) groups is 1. The largest absolute Gasteiger partial charge is 0.465 e. The Labute approximate surface area is 152 Å². The summed E-state index contributed by atoms with van der Waals surface area (Å²) < 4.78 is 33.0. The van der Waals surface area contributed by atoms with Crippen molar-refractivity contribution in [2.75, 3.05) is 13.2 Å². The lowest BCUT2D eigenvalue weighted by atomic mass is 10.1. The first-order valence-electron chi connectivity index (χ1n) is 8.32. The smallest absolute Gasteiger partial charge is 0.324 e. The second kappa shape index (κ2) is 7.32. The summed E-state index contributed by atoms with van der Waals surface area (Å²) in [5.41, 5.74) is 0. The number of hydrogen-bond donors (Lipinski definition) is 0. The number of carbonyl (C=O) groups excluding carboxylic acids is 1. The Morgan fingerprint density at radius 2 is 1.96 bits per heavy atom. The molecular formula is C18H20ClNO4S. The highest BCUT2D eigenvalue weighted by Crippen LogP contribution is 2.34. The molecule has 3 rings (SSSR count). The van der Waals surface area contributed by atoms with Gasteiger partial charge in [0.05, 0.1) is 11.5 Å². The Kier molecular flexibility index (Phi) is 5.32. The predicted molar refractivity (Wildman–Crippen MR) is 97.1 cm³/mol. The lowest BCUT2D eigenvalue weighted by Gasteiger charge is -2.33. The highest BCUT2D eigenvalue weighted by atomic mass is 35.5. The van der Waals surface area contributed by atoms with Crippen molar-refractivity contribution >= 4 is 38.4 Å². The van der Waals surface area contributed by atoms with Crippen molar-refractivity contribution in [3.05, 3.63) is 41.4 Å². The van der Waals surface area contributed by atoms with Crippen LogP contribution in [0.25, 0.3) is 10.8 Å². The molecule has 25 heavy (non-hydrogen) atoms. The SMILES string of the molecule is CCOC(=O)C1CCCCN1S(=O)(=O)c1cccc2cccc(Cl)c12. The fraction of sp³-hybridized carbons (Fsp3) is 0.389. The molecule has 1 fully saturated rings. The number of hydrogen-bond acceptors (Lipinski definition) is 4. The van der Waals surface area contributed by atoms with Crippen molar-refractivity contribution in [2.45, 2.75) is 37.1 Å². The summed E-state index contributed by atoms with van der Waals surface area (Å²) >= 11 is 6.28. The van der Waals surface area contributed by atoms with E-state index in [4.69, 9.17) is 16.3 Å². The third-order valence-electron chi connectivity index (χ3n) is 4.41. The number of rotatable bonds is 4. The number of benzene rings is 2. The third-order valence-corrected chi connectivity index (χ3v) is 6.68. The summed E-state index contributed by atoms with van der Waals surface area (Å²) in [6, 6.07) is 9.54. The molecule has 1 unspecified atom stereocenters. The van der Waals surface area contributed by atoms with Crippen LogP contribution in [0.1, 0.15) is 26.2 Å². The van der Waals surface area contributed by atoms with Crippen molar-refractivity contribution in [3.63, 3.8) is 0 Å². The van der Waals surface area contributed by atoms with Crippen LogP contribution in [-0.2, 0) is 19.6 Å². The van der Waals surface area contributed by atoms with Gasteiger partial charge in [0.2, 0.25) is 10.0 Å². The van der Waals surface area contributed by atoms with E-state index in [1.165, 1.54) is 4.31 Å². The molecule has 1 heterocycles. The maximum Gasteiger partial charge on any atom is 0.324 e. The van der Waals surface area contributed by atoms with Crippen molar-refractivity contribution in [3.8, 4) is 0 Å². The van der Waals surface area contributed by atoms with Gasteiger partial charge in [0.1, 0.15) is 6.04 Å². The molecule has 0 spiro atoms. The fourth-order valence-corrected chi connectivity index (χ4v) is 5.49. The summed E-state index contributed by atoms with van der Waals surface area (Å²) in [6.45, 7) is 2.24. The molecule has 1 aliphatic rings. The molecule has 0 aliphatic carbocycles. The molecular weight excluding hydrogens is 362 g/mol. The average molecular weight is 382 g/mol. The topological polar surface area (TPSA) is 63.7 Å². The van der Waals surface area contributed by atoms with Crippen molar-refractivity contribution < 1.29 is 17.9 Å². The molecule has 7 heteroatoms. The van der Waals surface area contributed by atoms with Gasteiger partial charge in [-0.1, -0.05) is 35.9 Å². The van der Waals surface area contributed by atoms with Crippen molar-refractivity contribution in [1.82, 2.24) is 4.31 Å². The number of sulfonamides is 1. The molecule has 1 aliphatic heterocycles. The van der Waals surface area contributed by atoms with Gasteiger partial charge >= 0.3 is 5.97 Å². The summed E-state index contributed by atoms with van der Waals surface area (Å²) in [6.07, 6.45) is 1.98. The van der Waals surface area contributed by atoms with E-state index in [2.05, 4.69) is 0 Å². The molecule has 0 aromatic heterocycles. The minimum absolute atomic E-state index is 0.131. The first-order valence-corrected chi connectivity index (χ1v) is 10.1. The van der Waals surface area contributed by atoms with Gasteiger partial charge in [0.25, 0.3) is 0 Å². The molecule has 0 N–H and O–H groups in total. The number of halogens is 1. The minimum Gasteiger partial charge on any atom is -0.465 e. The summed E-state index contributed by atoms with van der Waals surface area (Å²) in [4.78, 5) is 12.4. The molecule has 1 atom stereocenters. The highest BCUT2D eigenvalue weighted by molar-refractivity contribution is 7.89. The molecule has 134 valence electrons. The molecule has 0 bridgehead atoms. The van der Waals surface area contributed by atoms with E-state index in [9.17, 15) is 13.2 Å². The van der Waals surface area contributed by atoms with Gasteiger partial charge in [0.15, 0.2) is 0 Å². The molecule has 1 saturated heterocycles. The number of fused-ring (bicyclic) bond motifs is 1. The number of ether oxygens (including phenoxy) is 1. The second-order valence-electron chi connectivity index (χ2n) is 5.97. The number of esters is 1. The van der Waals surface area contributed by atoms with Crippen LogP contribution < -0.4 is 0 Å². The van der Waals surface area contributed by atoms with Crippen LogP contribution in [0, 0.1) is 0 Å². The minimum atomic E-state index is -3.88. The van der Waals surface area contributed by atoms with E-state index >= 15 is 0 Å². The van der Waals surface area contributed by atoms with Crippen molar-refractivity contribution in [1.29, 1.82) is 0 Å². The monoisotopic (exact) mass is 381 g/mol. The van der Waals surface area contributed by atoms with Crippen LogP contribution in [0.2, 0.25) is 5.02 Å². The molecule has 2 aromatic rings. The van der Waals surface area contributed by atoms with E-state index in [1.54, 1.807) is 31.2 Å². The Hall–Kier alpha value is -1.63. The maximum absolute atomic E-state index is 13.3. The standard InChI is InChI=1S/C18H20ClNO4S/c1-2-24-18(21)15-10-3-4-12-20(15)25(22,23)16-11-6-8-13-7-5-9-14(19)17(13)16/h5-9,11,15H,2-4,10,12H2,1H3. The zero-order valence-corrected chi connectivity index (χ0v) is 15.5. The van der Waals surface area contributed by atoms with Crippen molar-refractivity contribution in [2.24, 2.45) is 0 Å². The van der Waals surface area contributed by atoms with Crippen LogP contribution in [0.4, 0.5) is 0 Å². The quantitative estimate of drug-likeness (QED) is 0.759. The first kappa shape index (κ1) is 18.2. The highest BCUT2D eigenvalue weighted by Gasteiger charge is 2.39. The Bertz CT molecular complexity index is 892. The van der Waals surface area contributed by atoms with E-state index in [0.717, 1.165) is 11.8 Å². The van der Waals surface area contributed by atoms with Gasteiger partial charge in [-0.05, 0) is 43.7 Å². The normalized spacial score (nSPS) is 19.0.